The quantitative estimate of drug-likeness (QED) is 0.638. The van der Waals surface area contributed by atoms with E-state index >= 15 is 0 Å². The van der Waals surface area contributed by atoms with Crippen LogP contribution in [0, 0.1) is 17.1 Å². The molecule has 5 nitrogen and oxygen atoms in total. The molecule has 5 rings (SSSR count). The van der Waals surface area contributed by atoms with E-state index in [2.05, 4.69) is 29.3 Å². The number of hydrogen-bond acceptors (Lipinski definition) is 2. The minimum absolute atomic E-state index is 0.0191. The van der Waals surface area contributed by atoms with Crippen LogP contribution < -0.4 is 0 Å². The minimum atomic E-state index is -0.255. The molecule has 2 aromatic carbocycles. The Morgan fingerprint density at radius 2 is 1.93 bits per heavy atom. The molecule has 144 valence electrons. The summed E-state index contributed by atoms with van der Waals surface area (Å²) in [4.78, 5) is 16.1. The third-order valence-electron chi connectivity index (χ3n) is 5.98. The van der Waals surface area contributed by atoms with E-state index in [1.54, 1.807) is 12.1 Å². The Morgan fingerprint density at radius 1 is 1.17 bits per heavy atom. The van der Waals surface area contributed by atoms with E-state index in [0.29, 0.717) is 25.2 Å². The van der Waals surface area contributed by atoms with Crippen LogP contribution in [-0.4, -0.2) is 33.0 Å². The SMILES string of the molecule is C=C1C2Cc3c(n(Cc4ccc(F)cc4)c4ccccc34)CN2C(=O)N1CC#N. The van der Waals surface area contributed by atoms with E-state index in [1.807, 2.05) is 17.0 Å². The molecule has 2 aliphatic rings. The first kappa shape index (κ1) is 17.5. The Balaban J connectivity index is 1.60. The average Bonchev–Trinajstić information content (AvgIpc) is 3.16. The van der Waals surface area contributed by atoms with Crippen LogP contribution in [-0.2, 0) is 19.5 Å². The molecule has 1 saturated heterocycles. The molecule has 2 aliphatic heterocycles. The summed E-state index contributed by atoms with van der Waals surface area (Å²) < 4.78 is 15.6. The summed E-state index contributed by atoms with van der Waals surface area (Å²) in [5.74, 6) is -0.255. The maximum absolute atomic E-state index is 13.3. The molecule has 0 aliphatic carbocycles. The Bertz CT molecular complexity index is 1190. The van der Waals surface area contributed by atoms with Gasteiger partial charge in [0.25, 0.3) is 0 Å². The molecule has 29 heavy (non-hydrogen) atoms. The number of hydrogen-bond donors (Lipinski definition) is 0. The van der Waals surface area contributed by atoms with Gasteiger partial charge in [0.2, 0.25) is 0 Å². The predicted molar refractivity (Wildman–Crippen MR) is 107 cm³/mol. The molecule has 0 radical (unpaired) electrons. The molecule has 0 spiro atoms. The summed E-state index contributed by atoms with van der Waals surface area (Å²) in [5, 5.41) is 10.2. The van der Waals surface area contributed by atoms with Crippen LogP contribution >= 0.6 is 0 Å². The number of amides is 2. The number of carbonyl (C=O) groups is 1. The Labute approximate surface area is 167 Å². The first-order valence-corrected chi connectivity index (χ1v) is 9.56. The standard InChI is InChI=1S/C23H19FN4O/c1-15-21-12-19-18-4-2-3-5-20(18)27(13-16-6-8-17(24)9-7-16)22(19)14-28(21)23(29)26(15)11-10-25/h2-9,21H,1,11-14H2. The second-order valence-corrected chi connectivity index (χ2v) is 7.52. The second kappa shape index (κ2) is 6.49. The third-order valence-corrected chi connectivity index (χ3v) is 5.98. The van der Waals surface area contributed by atoms with Crippen molar-refractivity contribution in [3.8, 4) is 6.07 Å². The van der Waals surface area contributed by atoms with Gasteiger partial charge in [0.05, 0.1) is 18.7 Å². The highest BCUT2D eigenvalue weighted by Gasteiger charge is 2.44. The lowest BCUT2D eigenvalue weighted by atomic mass is 9.96. The first-order valence-electron chi connectivity index (χ1n) is 9.56. The van der Waals surface area contributed by atoms with Crippen molar-refractivity contribution in [2.24, 2.45) is 0 Å². The molecule has 1 fully saturated rings. The maximum atomic E-state index is 13.3. The molecule has 1 atom stereocenters. The molecule has 3 aromatic rings. The number of urea groups is 1. The summed E-state index contributed by atoms with van der Waals surface area (Å²) in [6, 6.07) is 16.5. The van der Waals surface area contributed by atoms with Gasteiger partial charge in [-0.2, -0.15) is 5.26 Å². The summed E-state index contributed by atoms with van der Waals surface area (Å²) in [6.07, 6.45) is 0.679. The number of nitrogens with zero attached hydrogens (tertiary/aromatic N) is 4. The molecular formula is C23H19FN4O. The summed E-state index contributed by atoms with van der Waals surface area (Å²) >= 11 is 0. The monoisotopic (exact) mass is 386 g/mol. The number of benzene rings is 2. The van der Waals surface area contributed by atoms with E-state index < -0.39 is 0 Å². The number of halogens is 1. The smallest absolute Gasteiger partial charge is 0.326 e. The predicted octanol–water partition coefficient (Wildman–Crippen LogP) is 4.03. The van der Waals surface area contributed by atoms with E-state index in [9.17, 15) is 9.18 Å². The number of nitriles is 1. The van der Waals surface area contributed by atoms with Gasteiger partial charge in [-0.15, -0.1) is 0 Å². The van der Waals surface area contributed by atoms with Crippen molar-refractivity contribution in [2.75, 3.05) is 6.54 Å². The highest BCUT2D eigenvalue weighted by Crippen LogP contribution is 2.39. The average molecular weight is 386 g/mol. The van der Waals surface area contributed by atoms with Crippen LogP contribution in [0.4, 0.5) is 9.18 Å². The number of aromatic nitrogens is 1. The van der Waals surface area contributed by atoms with E-state index in [0.717, 1.165) is 16.8 Å². The van der Waals surface area contributed by atoms with Crippen LogP contribution in [0.15, 0.2) is 60.8 Å². The van der Waals surface area contributed by atoms with Crippen LogP contribution in [0.3, 0.4) is 0 Å². The van der Waals surface area contributed by atoms with Crippen molar-refractivity contribution in [3.05, 3.63) is 83.4 Å². The maximum Gasteiger partial charge on any atom is 0.326 e. The minimum Gasteiger partial charge on any atom is -0.338 e. The zero-order valence-electron chi connectivity index (χ0n) is 15.8. The van der Waals surface area contributed by atoms with Crippen LogP contribution in [0.2, 0.25) is 0 Å². The largest absolute Gasteiger partial charge is 0.338 e. The van der Waals surface area contributed by atoms with Gasteiger partial charge >= 0.3 is 6.03 Å². The lowest BCUT2D eigenvalue weighted by Gasteiger charge is -2.29. The van der Waals surface area contributed by atoms with Crippen LogP contribution in [0.25, 0.3) is 10.9 Å². The highest BCUT2D eigenvalue weighted by molar-refractivity contribution is 5.88. The van der Waals surface area contributed by atoms with Gasteiger partial charge in [-0.25, -0.2) is 9.18 Å². The third kappa shape index (κ3) is 2.62. The van der Waals surface area contributed by atoms with Gasteiger partial charge in [-0.3, -0.25) is 4.90 Å². The summed E-state index contributed by atoms with van der Waals surface area (Å²) in [6.45, 7) is 5.18. The Hall–Kier alpha value is -3.59. The normalized spacial score (nSPS) is 18.1. The molecule has 2 amide bonds. The highest BCUT2D eigenvalue weighted by atomic mass is 19.1. The molecule has 3 heterocycles. The van der Waals surface area contributed by atoms with Crippen molar-refractivity contribution in [3.63, 3.8) is 0 Å². The van der Waals surface area contributed by atoms with Crippen LogP contribution in [0.1, 0.15) is 16.8 Å². The van der Waals surface area contributed by atoms with Gasteiger partial charge in [-0.05, 0) is 29.3 Å². The molecule has 0 bridgehead atoms. The Kier molecular flexibility index (Phi) is 3.92. The van der Waals surface area contributed by atoms with Crippen molar-refractivity contribution < 1.29 is 9.18 Å². The topological polar surface area (TPSA) is 52.3 Å². The zero-order chi connectivity index (χ0) is 20.1. The number of fused-ring (bicyclic) bond motifs is 4. The van der Waals surface area contributed by atoms with Crippen molar-refractivity contribution >= 4 is 16.9 Å². The van der Waals surface area contributed by atoms with Gasteiger partial charge in [0.15, 0.2) is 0 Å². The fourth-order valence-corrected chi connectivity index (χ4v) is 4.56. The number of carbonyl (C=O) groups excluding carboxylic acids is 1. The van der Waals surface area contributed by atoms with Gasteiger partial charge in [0.1, 0.15) is 12.4 Å². The second-order valence-electron chi connectivity index (χ2n) is 7.52. The first-order chi connectivity index (χ1) is 14.1. The van der Waals surface area contributed by atoms with Gasteiger partial charge in [-0.1, -0.05) is 36.9 Å². The lowest BCUT2D eigenvalue weighted by Crippen LogP contribution is -2.39. The summed E-state index contributed by atoms with van der Waals surface area (Å²) in [5.41, 5.74) is 5.11. The number of para-hydroxylation sites is 1. The Morgan fingerprint density at radius 3 is 2.69 bits per heavy atom. The molecule has 1 aromatic heterocycles. The number of rotatable bonds is 3. The van der Waals surface area contributed by atoms with Crippen molar-refractivity contribution in [1.29, 1.82) is 5.26 Å². The molecule has 0 saturated carbocycles. The lowest BCUT2D eigenvalue weighted by molar-refractivity contribution is 0.181. The van der Waals surface area contributed by atoms with E-state index in [1.165, 1.54) is 28.0 Å². The molecular weight excluding hydrogens is 367 g/mol. The van der Waals surface area contributed by atoms with Gasteiger partial charge < -0.3 is 9.47 Å². The van der Waals surface area contributed by atoms with Crippen molar-refractivity contribution in [2.45, 2.75) is 25.6 Å². The van der Waals surface area contributed by atoms with E-state index in [4.69, 9.17) is 5.26 Å². The molecule has 0 N–H and O–H groups in total. The fraction of sp³-hybridized carbons (Fsp3) is 0.217. The van der Waals surface area contributed by atoms with Gasteiger partial charge in [0, 0.05) is 35.3 Å². The zero-order valence-corrected chi connectivity index (χ0v) is 15.8. The van der Waals surface area contributed by atoms with E-state index in [-0.39, 0.29) is 24.4 Å². The van der Waals surface area contributed by atoms with Crippen LogP contribution in [0.5, 0.6) is 0 Å². The molecule has 1 unspecified atom stereocenters. The van der Waals surface area contributed by atoms with Crippen molar-refractivity contribution in [1.82, 2.24) is 14.4 Å². The molecule has 6 heteroatoms. The fourth-order valence-electron chi connectivity index (χ4n) is 4.56. The summed E-state index contributed by atoms with van der Waals surface area (Å²) in [7, 11) is 0.